The van der Waals surface area contributed by atoms with Gasteiger partial charge in [-0.3, -0.25) is 4.98 Å². The molecule has 0 amide bonds. The van der Waals surface area contributed by atoms with E-state index in [9.17, 15) is 0 Å². The Bertz CT molecular complexity index is 470. The molecular formula is C18H24ClN. The first-order chi connectivity index (χ1) is 9.70. The molecule has 20 heavy (non-hydrogen) atoms. The molecule has 4 aliphatic rings. The minimum absolute atomic E-state index is 0.290. The molecule has 2 heteroatoms. The molecule has 0 radical (unpaired) electrons. The number of rotatable bonds is 3. The molecule has 1 aromatic rings. The van der Waals surface area contributed by atoms with E-state index in [-0.39, 0.29) is 0 Å². The van der Waals surface area contributed by atoms with Crippen LogP contribution in [0.5, 0.6) is 0 Å². The average Bonchev–Trinajstić information content (AvgIpc) is 2.40. The minimum Gasteiger partial charge on any atom is -0.261 e. The molecule has 5 rings (SSSR count). The monoisotopic (exact) mass is 289 g/mol. The first-order valence-corrected chi connectivity index (χ1v) is 8.69. The number of halogens is 1. The lowest BCUT2D eigenvalue weighted by atomic mass is 9.51. The topological polar surface area (TPSA) is 12.9 Å². The van der Waals surface area contributed by atoms with Gasteiger partial charge < -0.3 is 0 Å². The number of aryl methyl sites for hydroxylation is 1. The standard InChI is InChI=1S/C18H24ClN/c1-11-3-2-4-20-17(11)10-16(19)18-14-6-12-5-13(8-14)9-15(18)7-12/h2-4,12-16,18H,5-10H2,1H3. The molecule has 4 saturated carbocycles. The van der Waals surface area contributed by atoms with E-state index in [1.54, 1.807) is 0 Å². The van der Waals surface area contributed by atoms with Gasteiger partial charge in [0.25, 0.3) is 0 Å². The fourth-order valence-electron chi connectivity index (χ4n) is 5.61. The van der Waals surface area contributed by atoms with Crippen LogP contribution in [0, 0.1) is 36.5 Å². The van der Waals surface area contributed by atoms with Crippen molar-refractivity contribution in [3.05, 3.63) is 29.6 Å². The van der Waals surface area contributed by atoms with E-state index in [2.05, 4.69) is 18.0 Å². The molecule has 0 spiro atoms. The van der Waals surface area contributed by atoms with Crippen LogP contribution in [0.15, 0.2) is 18.3 Å². The largest absolute Gasteiger partial charge is 0.261 e. The summed E-state index contributed by atoms with van der Waals surface area (Å²) in [6.45, 7) is 2.16. The average molecular weight is 290 g/mol. The molecule has 1 aromatic heterocycles. The van der Waals surface area contributed by atoms with E-state index >= 15 is 0 Å². The van der Waals surface area contributed by atoms with Gasteiger partial charge in [-0.1, -0.05) is 6.07 Å². The summed E-state index contributed by atoms with van der Waals surface area (Å²) in [4.78, 5) is 4.55. The predicted molar refractivity (Wildman–Crippen MR) is 82.9 cm³/mol. The highest BCUT2D eigenvalue weighted by Gasteiger charge is 2.50. The number of aromatic nitrogens is 1. The molecule has 1 atom stereocenters. The van der Waals surface area contributed by atoms with Crippen LogP contribution in [0.3, 0.4) is 0 Å². The minimum atomic E-state index is 0.290. The fourth-order valence-corrected chi connectivity index (χ4v) is 6.17. The van der Waals surface area contributed by atoms with Gasteiger partial charge >= 0.3 is 0 Å². The van der Waals surface area contributed by atoms with Gasteiger partial charge in [-0.25, -0.2) is 0 Å². The highest BCUT2D eigenvalue weighted by Crippen LogP contribution is 2.58. The maximum absolute atomic E-state index is 6.89. The quantitative estimate of drug-likeness (QED) is 0.740. The summed E-state index contributed by atoms with van der Waals surface area (Å²) >= 11 is 6.89. The van der Waals surface area contributed by atoms with Gasteiger partial charge in [-0.2, -0.15) is 0 Å². The molecular weight excluding hydrogens is 266 g/mol. The third kappa shape index (κ3) is 2.19. The van der Waals surface area contributed by atoms with Crippen molar-refractivity contribution in [3.63, 3.8) is 0 Å². The van der Waals surface area contributed by atoms with E-state index in [1.807, 2.05) is 12.3 Å². The third-order valence-electron chi connectivity index (χ3n) is 6.22. The van der Waals surface area contributed by atoms with E-state index in [0.29, 0.717) is 5.38 Å². The van der Waals surface area contributed by atoms with Crippen LogP contribution < -0.4 is 0 Å². The van der Waals surface area contributed by atoms with Crippen molar-refractivity contribution < 1.29 is 0 Å². The molecule has 4 fully saturated rings. The maximum Gasteiger partial charge on any atom is 0.0447 e. The smallest absolute Gasteiger partial charge is 0.0447 e. The summed E-state index contributed by atoms with van der Waals surface area (Å²) < 4.78 is 0. The van der Waals surface area contributed by atoms with Crippen molar-refractivity contribution >= 4 is 11.6 Å². The molecule has 1 unspecified atom stereocenters. The molecule has 108 valence electrons. The van der Waals surface area contributed by atoms with Crippen LogP contribution in [0.2, 0.25) is 0 Å². The van der Waals surface area contributed by atoms with Gasteiger partial charge in [-0.05, 0) is 80.2 Å². The van der Waals surface area contributed by atoms with Crippen molar-refractivity contribution in [1.29, 1.82) is 0 Å². The second-order valence-electron chi connectivity index (χ2n) is 7.50. The molecule has 0 saturated heterocycles. The number of hydrogen-bond donors (Lipinski definition) is 0. The summed E-state index contributed by atoms with van der Waals surface area (Å²) in [6, 6.07) is 4.17. The Morgan fingerprint density at radius 1 is 1.15 bits per heavy atom. The van der Waals surface area contributed by atoms with Crippen molar-refractivity contribution in [2.75, 3.05) is 0 Å². The lowest BCUT2D eigenvalue weighted by molar-refractivity contribution is -0.0377. The second kappa shape index (κ2) is 5.02. The normalized spacial score (nSPS) is 40.0. The first-order valence-electron chi connectivity index (χ1n) is 8.25. The van der Waals surface area contributed by atoms with Crippen LogP contribution in [0.25, 0.3) is 0 Å². The lowest BCUT2D eigenvalue weighted by Gasteiger charge is -2.55. The highest BCUT2D eigenvalue weighted by atomic mass is 35.5. The Hall–Kier alpha value is -0.560. The van der Waals surface area contributed by atoms with Gasteiger partial charge in [0.2, 0.25) is 0 Å². The third-order valence-corrected chi connectivity index (χ3v) is 6.67. The molecule has 0 aromatic carbocycles. The molecule has 1 heterocycles. The van der Waals surface area contributed by atoms with Crippen LogP contribution in [-0.4, -0.2) is 10.4 Å². The van der Waals surface area contributed by atoms with E-state index < -0.39 is 0 Å². The molecule has 4 bridgehead atoms. The van der Waals surface area contributed by atoms with Gasteiger partial charge in [0, 0.05) is 23.7 Å². The highest BCUT2D eigenvalue weighted by molar-refractivity contribution is 6.21. The van der Waals surface area contributed by atoms with Gasteiger partial charge in [0.05, 0.1) is 0 Å². The van der Waals surface area contributed by atoms with Gasteiger partial charge in [0.15, 0.2) is 0 Å². The van der Waals surface area contributed by atoms with Crippen molar-refractivity contribution in [1.82, 2.24) is 4.98 Å². The summed E-state index contributed by atoms with van der Waals surface area (Å²) in [5, 5.41) is 0.290. The Kier molecular flexibility index (Phi) is 3.29. The van der Waals surface area contributed by atoms with E-state index in [4.69, 9.17) is 11.6 Å². The van der Waals surface area contributed by atoms with Crippen LogP contribution in [0.4, 0.5) is 0 Å². The molecule has 1 nitrogen and oxygen atoms in total. The molecule has 4 aliphatic carbocycles. The van der Waals surface area contributed by atoms with E-state index in [0.717, 1.165) is 36.0 Å². The first kappa shape index (κ1) is 13.1. The fraction of sp³-hybridized carbons (Fsp3) is 0.722. The summed E-state index contributed by atoms with van der Waals surface area (Å²) in [7, 11) is 0. The predicted octanol–water partition coefficient (Wildman–Crippen LogP) is 4.61. The van der Waals surface area contributed by atoms with Crippen molar-refractivity contribution in [2.45, 2.75) is 50.8 Å². The van der Waals surface area contributed by atoms with Crippen LogP contribution in [-0.2, 0) is 6.42 Å². The Balaban J connectivity index is 1.51. The molecule has 0 N–H and O–H groups in total. The maximum atomic E-state index is 6.89. The number of nitrogens with zero attached hydrogens (tertiary/aromatic N) is 1. The van der Waals surface area contributed by atoms with Crippen LogP contribution in [0.1, 0.15) is 43.4 Å². The Labute approximate surface area is 127 Å². The summed E-state index contributed by atoms with van der Waals surface area (Å²) in [5.41, 5.74) is 2.50. The number of hydrogen-bond acceptors (Lipinski definition) is 1. The van der Waals surface area contributed by atoms with Crippen molar-refractivity contribution in [2.24, 2.45) is 29.6 Å². The zero-order chi connectivity index (χ0) is 13.7. The zero-order valence-electron chi connectivity index (χ0n) is 12.3. The van der Waals surface area contributed by atoms with E-state index in [1.165, 1.54) is 43.4 Å². The SMILES string of the molecule is Cc1cccnc1CC(Cl)C1C2CC3CC(C2)CC1C3. The summed E-state index contributed by atoms with van der Waals surface area (Å²) in [5.74, 6) is 4.66. The van der Waals surface area contributed by atoms with Gasteiger partial charge in [0.1, 0.15) is 0 Å². The van der Waals surface area contributed by atoms with Crippen LogP contribution >= 0.6 is 11.6 Å². The Morgan fingerprint density at radius 3 is 2.40 bits per heavy atom. The van der Waals surface area contributed by atoms with Gasteiger partial charge in [-0.15, -0.1) is 11.6 Å². The Morgan fingerprint density at radius 2 is 1.80 bits per heavy atom. The summed E-state index contributed by atoms with van der Waals surface area (Å²) in [6.07, 6.45) is 10.2. The van der Waals surface area contributed by atoms with Crippen molar-refractivity contribution in [3.8, 4) is 0 Å². The lowest BCUT2D eigenvalue weighted by Crippen LogP contribution is -2.48. The molecule has 0 aliphatic heterocycles. The number of alkyl halides is 1. The zero-order valence-corrected chi connectivity index (χ0v) is 13.0. The second-order valence-corrected chi connectivity index (χ2v) is 8.06. The number of pyridine rings is 1.